The number of primary amides is 1. The molecule has 33 heavy (non-hydrogen) atoms. The zero-order valence-electron chi connectivity index (χ0n) is 18.1. The number of ketones is 2. The van der Waals surface area contributed by atoms with E-state index in [1.54, 1.807) is 11.9 Å². The zero-order chi connectivity index (χ0) is 24.4. The van der Waals surface area contributed by atoms with Gasteiger partial charge in [0, 0.05) is 17.1 Å². The topological polar surface area (TPSA) is 161 Å². The lowest BCUT2D eigenvalue weighted by Gasteiger charge is -2.50. The second-order valence-corrected chi connectivity index (χ2v) is 8.90. The molecule has 4 atom stereocenters. The summed E-state index contributed by atoms with van der Waals surface area (Å²) < 4.78 is 14.5. The van der Waals surface area contributed by atoms with Crippen molar-refractivity contribution in [3.05, 3.63) is 51.7 Å². The fourth-order valence-electron chi connectivity index (χ4n) is 5.62. The van der Waals surface area contributed by atoms with Gasteiger partial charge in [0.05, 0.1) is 11.6 Å². The van der Waals surface area contributed by atoms with Crippen molar-refractivity contribution < 1.29 is 39.2 Å². The highest BCUT2D eigenvalue weighted by molar-refractivity contribution is 6.24. The second kappa shape index (κ2) is 7.67. The third-order valence-corrected chi connectivity index (χ3v) is 7.04. The number of amides is 1. The molecule has 0 unspecified atom stereocenters. The van der Waals surface area contributed by atoms with Crippen molar-refractivity contribution >= 4 is 17.5 Å². The number of benzene rings is 1. The average Bonchev–Trinajstić information content (AvgIpc) is 2.73. The Morgan fingerprint density at radius 2 is 1.94 bits per heavy atom. The fraction of sp³-hybridized carbons (Fsp3) is 0.435. The van der Waals surface area contributed by atoms with Gasteiger partial charge >= 0.3 is 0 Å². The smallest absolute Gasteiger partial charge is 0.255 e. The summed E-state index contributed by atoms with van der Waals surface area (Å²) in [7, 11) is 1.62. The number of carbonyl (C=O) groups excluding carboxylic acids is 3. The highest BCUT2D eigenvalue weighted by Gasteiger charge is 2.63. The molecule has 0 radical (unpaired) electrons. The van der Waals surface area contributed by atoms with E-state index in [0.29, 0.717) is 13.0 Å². The molecule has 6 N–H and O–H groups in total. The van der Waals surface area contributed by atoms with Crippen molar-refractivity contribution in [2.45, 2.75) is 37.8 Å². The number of fused-ring (bicyclic) bond motifs is 3. The van der Waals surface area contributed by atoms with Crippen molar-refractivity contribution in [1.29, 1.82) is 0 Å². The molecule has 3 aliphatic rings. The van der Waals surface area contributed by atoms with E-state index in [2.05, 4.69) is 0 Å². The molecule has 0 aliphatic heterocycles. The van der Waals surface area contributed by atoms with Gasteiger partial charge < -0.3 is 26.2 Å². The predicted octanol–water partition coefficient (Wildman–Crippen LogP) is 1.04. The number of aromatic hydroxyl groups is 1. The predicted molar refractivity (Wildman–Crippen MR) is 113 cm³/mol. The van der Waals surface area contributed by atoms with Crippen LogP contribution in [0.3, 0.4) is 0 Å². The standard InChI is InChI=1S/C23H25FN2O7/c1-3-6-26(2)17-11-8-9-7-10-12(24)4-5-13(27)15(10)18(28)14(9)20(30)23(11,33)21(31)16(19(17)29)22(25)32/h4-5,9,11,17,27,29-30,33H,3,6-8H2,1-2H3,(H2,25,32)/t9-,11-,17-,23-/m0/s1. The minimum absolute atomic E-state index is 0.0230. The van der Waals surface area contributed by atoms with Crippen LogP contribution in [-0.2, 0) is 16.0 Å². The fourth-order valence-corrected chi connectivity index (χ4v) is 5.62. The number of nitrogens with two attached hydrogens (primary N) is 1. The van der Waals surface area contributed by atoms with Gasteiger partial charge in [-0.15, -0.1) is 0 Å². The van der Waals surface area contributed by atoms with Crippen molar-refractivity contribution in [3.63, 3.8) is 0 Å². The Bertz CT molecular complexity index is 1160. The molecule has 0 heterocycles. The third-order valence-electron chi connectivity index (χ3n) is 7.04. The summed E-state index contributed by atoms with van der Waals surface area (Å²) in [6, 6.07) is 0.979. The summed E-state index contributed by atoms with van der Waals surface area (Å²) in [5, 5.41) is 43.7. The van der Waals surface area contributed by atoms with E-state index < -0.39 is 69.6 Å². The highest BCUT2D eigenvalue weighted by Crippen LogP contribution is 2.52. The molecule has 1 amide bonds. The first kappa shape index (κ1) is 22.9. The Morgan fingerprint density at radius 3 is 2.55 bits per heavy atom. The van der Waals surface area contributed by atoms with E-state index in [-0.39, 0.29) is 29.5 Å². The van der Waals surface area contributed by atoms with Crippen LogP contribution in [0, 0.1) is 17.7 Å². The molecular formula is C23H25FN2O7. The molecule has 0 fully saturated rings. The Hall–Kier alpha value is -3.24. The molecule has 0 bridgehead atoms. The molecule has 1 aromatic carbocycles. The second-order valence-electron chi connectivity index (χ2n) is 8.90. The zero-order valence-corrected chi connectivity index (χ0v) is 18.1. The summed E-state index contributed by atoms with van der Waals surface area (Å²) in [5.41, 5.74) is 1.09. The number of aliphatic hydroxyl groups is 3. The maximum Gasteiger partial charge on any atom is 0.255 e. The first-order valence-corrected chi connectivity index (χ1v) is 10.7. The van der Waals surface area contributed by atoms with Gasteiger partial charge in [-0.3, -0.25) is 19.3 Å². The van der Waals surface area contributed by atoms with Crippen LogP contribution in [0.2, 0.25) is 0 Å². The average molecular weight is 460 g/mol. The molecule has 10 heteroatoms. The Morgan fingerprint density at radius 1 is 1.27 bits per heavy atom. The van der Waals surface area contributed by atoms with Gasteiger partial charge in [0.15, 0.2) is 11.4 Å². The van der Waals surface area contributed by atoms with Gasteiger partial charge in [-0.05, 0) is 50.9 Å². The van der Waals surface area contributed by atoms with E-state index in [4.69, 9.17) is 5.73 Å². The first-order chi connectivity index (χ1) is 15.5. The number of Topliss-reactive ketones (excluding diaryl/α,β-unsaturated/α-hetero) is 2. The van der Waals surface area contributed by atoms with Crippen molar-refractivity contribution in [3.8, 4) is 5.75 Å². The van der Waals surface area contributed by atoms with E-state index in [1.165, 1.54) is 0 Å². The lowest BCUT2D eigenvalue weighted by Crippen LogP contribution is -2.64. The monoisotopic (exact) mass is 460 g/mol. The largest absolute Gasteiger partial charge is 0.510 e. The van der Waals surface area contributed by atoms with Crippen LogP contribution in [0.1, 0.15) is 35.7 Å². The molecule has 3 aliphatic carbocycles. The third kappa shape index (κ3) is 3.01. The number of nitrogens with zero attached hydrogens (tertiary/aromatic N) is 1. The van der Waals surface area contributed by atoms with Crippen LogP contribution >= 0.6 is 0 Å². The van der Waals surface area contributed by atoms with Crippen molar-refractivity contribution in [2.24, 2.45) is 17.6 Å². The number of hydrogen-bond acceptors (Lipinski definition) is 8. The minimum Gasteiger partial charge on any atom is -0.510 e. The number of hydrogen-bond donors (Lipinski definition) is 5. The Kier molecular flexibility index (Phi) is 5.33. The molecule has 9 nitrogen and oxygen atoms in total. The van der Waals surface area contributed by atoms with E-state index in [1.807, 2.05) is 6.92 Å². The summed E-state index contributed by atoms with van der Waals surface area (Å²) in [6.45, 7) is 2.28. The van der Waals surface area contributed by atoms with Crippen LogP contribution in [0.4, 0.5) is 4.39 Å². The maximum atomic E-state index is 14.5. The first-order valence-electron chi connectivity index (χ1n) is 10.7. The van der Waals surface area contributed by atoms with Gasteiger partial charge in [0.25, 0.3) is 5.91 Å². The summed E-state index contributed by atoms with van der Waals surface area (Å²) in [5.74, 6) is -8.19. The van der Waals surface area contributed by atoms with Crippen LogP contribution in [0.25, 0.3) is 0 Å². The Balaban J connectivity index is 1.96. The van der Waals surface area contributed by atoms with Gasteiger partial charge in [0.2, 0.25) is 5.78 Å². The quantitative estimate of drug-likeness (QED) is 0.417. The molecule has 0 saturated heterocycles. The minimum atomic E-state index is -2.70. The molecule has 0 aromatic heterocycles. The van der Waals surface area contributed by atoms with Crippen molar-refractivity contribution in [1.82, 2.24) is 4.90 Å². The van der Waals surface area contributed by atoms with Crippen LogP contribution in [0.15, 0.2) is 34.8 Å². The van der Waals surface area contributed by atoms with Crippen molar-refractivity contribution in [2.75, 3.05) is 13.6 Å². The van der Waals surface area contributed by atoms with Gasteiger partial charge in [-0.1, -0.05) is 6.92 Å². The molecule has 4 rings (SSSR count). The number of halogens is 1. The summed E-state index contributed by atoms with van der Waals surface area (Å²) >= 11 is 0. The molecule has 176 valence electrons. The lowest BCUT2D eigenvalue weighted by atomic mass is 9.58. The summed E-state index contributed by atoms with van der Waals surface area (Å²) in [6.07, 6.45) is 0.494. The maximum absolute atomic E-state index is 14.5. The SMILES string of the molecule is CCCN(C)[C@@H]1C(O)=C(C(N)=O)C(=O)[C@@]2(O)C(O)=C3C(=O)c4c(O)ccc(F)c4C[C@H]3C[C@@H]12. The van der Waals surface area contributed by atoms with E-state index in [0.717, 1.165) is 12.1 Å². The summed E-state index contributed by atoms with van der Waals surface area (Å²) in [4.78, 5) is 40.1. The highest BCUT2D eigenvalue weighted by atomic mass is 19.1. The number of phenols is 1. The van der Waals surface area contributed by atoms with Crippen LogP contribution < -0.4 is 5.73 Å². The van der Waals surface area contributed by atoms with Gasteiger partial charge in [0.1, 0.15) is 28.7 Å². The Labute approximate surface area is 188 Å². The normalized spacial score (nSPS) is 29.2. The van der Waals surface area contributed by atoms with Gasteiger partial charge in [-0.25, -0.2) is 4.39 Å². The number of aliphatic hydroxyl groups excluding tert-OH is 2. The van der Waals surface area contributed by atoms with E-state index >= 15 is 0 Å². The number of phenolic OH excluding ortho intramolecular Hbond substituents is 1. The molecule has 1 aromatic rings. The van der Waals surface area contributed by atoms with Gasteiger partial charge in [-0.2, -0.15) is 0 Å². The number of likely N-dealkylation sites (N-methyl/N-ethyl adjacent to an activating group) is 1. The van der Waals surface area contributed by atoms with Crippen LogP contribution in [-0.4, -0.2) is 68.0 Å². The lowest BCUT2D eigenvalue weighted by molar-refractivity contribution is -0.149. The molecular weight excluding hydrogens is 435 g/mol. The molecule has 0 spiro atoms. The number of rotatable bonds is 4. The van der Waals surface area contributed by atoms with E-state index in [9.17, 15) is 39.2 Å². The number of carbonyl (C=O) groups is 3. The number of allylic oxidation sites excluding steroid dienone is 1. The van der Waals surface area contributed by atoms with Crippen LogP contribution in [0.5, 0.6) is 5.75 Å². The molecule has 0 saturated carbocycles.